The molecule has 96 valence electrons. The van der Waals surface area contributed by atoms with Gasteiger partial charge in [0.15, 0.2) is 0 Å². The zero-order valence-electron chi connectivity index (χ0n) is 9.62. The molecule has 6 nitrogen and oxygen atoms in total. The highest BCUT2D eigenvalue weighted by molar-refractivity contribution is 7.98. The molecule has 0 saturated heterocycles. The van der Waals surface area contributed by atoms with E-state index in [0.717, 1.165) is 5.01 Å². The van der Waals surface area contributed by atoms with Gasteiger partial charge in [-0.3, -0.25) is 9.59 Å². The second-order valence-electron chi connectivity index (χ2n) is 3.60. The number of carboxylic acids is 1. The molecule has 0 aromatic carbocycles. The smallest absolute Gasteiger partial charge is 0.304 e. The van der Waals surface area contributed by atoms with Crippen LogP contribution in [0, 0.1) is 6.92 Å². The van der Waals surface area contributed by atoms with Crippen LogP contribution >= 0.6 is 23.1 Å². The Labute approximate surface area is 111 Å². The molecule has 0 aliphatic heterocycles. The van der Waals surface area contributed by atoms with Crippen LogP contribution in [0.15, 0.2) is 10.9 Å². The van der Waals surface area contributed by atoms with Crippen molar-refractivity contribution in [3.05, 3.63) is 27.1 Å². The molecule has 0 atom stereocenters. The van der Waals surface area contributed by atoms with Crippen molar-refractivity contribution in [1.82, 2.24) is 14.6 Å². The molecule has 2 aromatic heterocycles. The number of carbonyl (C=O) groups is 1. The van der Waals surface area contributed by atoms with Gasteiger partial charge >= 0.3 is 5.97 Å². The number of hydrogen-bond acceptors (Lipinski definition) is 6. The minimum Gasteiger partial charge on any atom is -0.481 e. The summed E-state index contributed by atoms with van der Waals surface area (Å²) in [6.45, 7) is 1.82. The van der Waals surface area contributed by atoms with Crippen LogP contribution in [-0.2, 0) is 10.5 Å². The fourth-order valence-corrected chi connectivity index (χ4v) is 2.95. The van der Waals surface area contributed by atoms with E-state index in [-0.39, 0.29) is 12.0 Å². The van der Waals surface area contributed by atoms with Crippen LogP contribution in [0.4, 0.5) is 0 Å². The van der Waals surface area contributed by atoms with Gasteiger partial charge in [-0.2, -0.15) is 21.4 Å². The maximum absolute atomic E-state index is 11.7. The number of thioether (sulfide) groups is 1. The highest BCUT2D eigenvalue weighted by Crippen LogP contribution is 2.14. The molecule has 0 unspecified atom stereocenters. The number of aryl methyl sites for hydroxylation is 1. The maximum Gasteiger partial charge on any atom is 0.304 e. The molecule has 18 heavy (non-hydrogen) atoms. The number of aliphatic carboxylic acids is 1. The van der Waals surface area contributed by atoms with Gasteiger partial charge in [0.25, 0.3) is 5.56 Å². The number of nitrogens with zero attached hydrogens (tertiary/aromatic N) is 3. The topological polar surface area (TPSA) is 84.6 Å². The molecule has 0 bridgehead atoms. The Balaban J connectivity index is 2.09. The van der Waals surface area contributed by atoms with Crippen LogP contribution in [0.1, 0.15) is 17.1 Å². The standard InChI is InChI=1S/C10H11N3O3S2/c1-6-12-13-8(14)4-7(11-10(13)18-6)5-17-3-2-9(15)16/h4H,2-3,5H2,1H3,(H,15,16). The van der Waals surface area contributed by atoms with E-state index in [1.165, 1.54) is 33.7 Å². The van der Waals surface area contributed by atoms with E-state index in [1.54, 1.807) is 0 Å². The molecule has 0 aliphatic carbocycles. The Morgan fingerprint density at radius 2 is 2.39 bits per heavy atom. The first kappa shape index (κ1) is 13.0. The highest BCUT2D eigenvalue weighted by Gasteiger charge is 2.07. The Kier molecular flexibility index (Phi) is 3.97. The molecule has 2 aromatic rings. The van der Waals surface area contributed by atoms with Crippen molar-refractivity contribution in [1.29, 1.82) is 0 Å². The summed E-state index contributed by atoms with van der Waals surface area (Å²) in [4.78, 5) is 27.0. The van der Waals surface area contributed by atoms with Gasteiger partial charge in [-0.05, 0) is 6.92 Å². The maximum atomic E-state index is 11.7. The Bertz CT molecular complexity index is 635. The van der Waals surface area contributed by atoms with E-state index in [1.807, 2.05) is 6.92 Å². The zero-order valence-corrected chi connectivity index (χ0v) is 11.3. The van der Waals surface area contributed by atoms with Gasteiger partial charge in [-0.15, -0.1) is 0 Å². The third-order valence-electron chi connectivity index (χ3n) is 2.11. The number of fused-ring (bicyclic) bond motifs is 1. The van der Waals surface area contributed by atoms with Crippen molar-refractivity contribution in [3.8, 4) is 0 Å². The molecule has 0 fully saturated rings. The van der Waals surface area contributed by atoms with Crippen LogP contribution in [0.25, 0.3) is 4.96 Å². The van der Waals surface area contributed by atoms with Crippen molar-refractivity contribution in [2.45, 2.75) is 19.1 Å². The van der Waals surface area contributed by atoms with Gasteiger partial charge in [0.1, 0.15) is 5.01 Å². The van der Waals surface area contributed by atoms with Crippen molar-refractivity contribution in [2.75, 3.05) is 5.75 Å². The largest absolute Gasteiger partial charge is 0.481 e. The molecule has 1 N–H and O–H groups in total. The van der Waals surface area contributed by atoms with Crippen LogP contribution in [0.5, 0.6) is 0 Å². The van der Waals surface area contributed by atoms with E-state index < -0.39 is 5.97 Å². The van der Waals surface area contributed by atoms with Crippen LogP contribution in [-0.4, -0.2) is 31.4 Å². The molecule has 0 aliphatic rings. The second kappa shape index (κ2) is 5.49. The molecule has 2 rings (SSSR count). The lowest BCUT2D eigenvalue weighted by molar-refractivity contribution is -0.136. The summed E-state index contributed by atoms with van der Waals surface area (Å²) in [5.74, 6) is 0.234. The predicted molar refractivity (Wildman–Crippen MR) is 70.3 cm³/mol. The second-order valence-corrected chi connectivity index (χ2v) is 5.86. The van der Waals surface area contributed by atoms with Gasteiger partial charge in [0, 0.05) is 17.6 Å². The molecule has 0 spiro atoms. The summed E-state index contributed by atoms with van der Waals surface area (Å²) < 4.78 is 1.28. The van der Waals surface area contributed by atoms with Gasteiger partial charge in [0.05, 0.1) is 12.1 Å². The molecule has 0 saturated carbocycles. The molecule has 8 heteroatoms. The third kappa shape index (κ3) is 3.08. The van der Waals surface area contributed by atoms with Gasteiger partial charge < -0.3 is 5.11 Å². The van der Waals surface area contributed by atoms with Crippen LogP contribution in [0.2, 0.25) is 0 Å². The van der Waals surface area contributed by atoms with Crippen molar-refractivity contribution in [3.63, 3.8) is 0 Å². The van der Waals surface area contributed by atoms with Crippen molar-refractivity contribution < 1.29 is 9.90 Å². The number of hydrogen-bond donors (Lipinski definition) is 1. The number of rotatable bonds is 5. The highest BCUT2D eigenvalue weighted by atomic mass is 32.2. The number of aromatic nitrogens is 3. The minimum absolute atomic E-state index is 0.117. The molecular formula is C10H11N3O3S2. The summed E-state index contributed by atoms with van der Waals surface area (Å²) in [5.41, 5.74) is 0.470. The normalized spacial score (nSPS) is 10.9. The lowest BCUT2D eigenvalue weighted by Crippen LogP contribution is -2.15. The van der Waals surface area contributed by atoms with Crippen molar-refractivity contribution in [2.24, 2.45) is 0 Å². The van der Waals surface area contributed by atoms with Crippen LogP contribution < -0.4 is 5.56 Å². The van der Waals surface area contributed by atoms with E-state index in [4.69, 9.17) is 5.11 Å². The Hall–Kier alpha value is -1.41. The van der Waals surface area contributed by atoms with Gasteiger partial charge in [-0.1, -0.05) is 11.3 Å². The SMILES string of the molecule is Cc1nn2c(=O)cc(CSCCC(=O)O)nc2s1. The fraction of sp³-hybridized carbons (Fsp3) is 0.400. The average molecular weight is 285 g/mol. The summed E-state index contributed by atoms with van der Waals surface area (Å²) >= 11 is 2.81. The molecular weight excluding hydrogens is 274 g/mol. The Morgan fingerprint density at radius 1 is 1.61 bits per heavy atom. The minimum atomic E-state index is -0.816. The lowest BCUT2D eigenvalue weighted by Gasteiger charge is -1.99. The first-order valence-corrected chi connectivity index (χ1v) is 7.19. The number of carboxylic acid groups (broad SMARTS) is 1. The van der Waals surface area contributed by atoms with Gasteiger partial charge in [-0.25, -0.2) is 4.98 Å². The summed E-state index contributed by atoms with van der Waals surface area (Å²) in [7, 11) is 0. The zero-order chi connectivity index (χ0) is 13.1. The predicted octanol–water partition coefficient (Wildman–Crippen LogP) is 1.17. The third-order valence-corrected chi connectivity index (χ3v) is 3.93. The summed E-state index contributed by atoms with van der Waals surface area (Å²) in [6.07, 6.45) is 0.117. The van der Waals surface area contributed by atoms with E-state index in [2.05, 4.69) is 10.1 Å². The molecule has 0 amide bonds. The van der Waals surface area contributed by atoms with E-state index >= 15 is 0 Å². The summed E-state index contributed by atoms with van der Waals surface area (Å²) in [6, 6.07) is 1.44. The quantitative estimate of drug-likeness (QED) is 0.830. The lowest BCUT2D eigenvalue weighted by atomic mass is 10.4. The van der Waals surface area contributed by atoms with E-state index in [9.17, 15) is 9.59 Å². The monoisotopic (exact) mass is 285 g/mol. The van der Waals surface area contributed by atoms with Crippen LogP contribution in [0.3, 0.4) is 0 Å². The fourth-order valence-electron chi connectivity index (χ4n) is 1.36. The van der Waals surface area contributed by atoms with Gasteiger partial charge in [0.2, 0.25) is 4.96 Å². The first-order valence-electron chi connectivity index (χ1n) is 5.22. The molecule has 0 radical (unpaired) electrons. The average Bonchev–Trinajstić information content (AvgIpc) is 2.65. The summed E-state index contributed by atoms with van der Waals surface area (Å²) in [5, 5.41) is 13.3. The first-order chi connectivity index (χ1) is 8.56. The van der Waals surface area contributed by atoms with Crippen molar-refractivity contribution >= 4 is 34.0 Å². The Morgan fingerprint density at radius 3 is 3.11 bits per heavy atom. The van der Waals surface area contributed by atoms with E-state index in [0.29, 0.717) is 22.2 Å². The molecule has 2 heterocycles.